The van der Waals surface area contributed by atoms with Crippen LogP contribution in [0.4, 0.5) is 11.4 Å². The first-order chi connectivity index (χ1) is 10.5. The van der Waals surface area contributed by atoms with E-state index in [-0.39, 0.29) is 5.91 Å². The van der Waals surface area contributed by atoms with Gasteiger partial charge in [-0.25, -0.2) is 0 Å². The van der Waals surface area contributed by atoms with Gasteiger partial charge in [0.2, 0.25) is 0 Å². The van der Waals surface area contributed by atoms with Gasteiger partial charge in [-0.05, 0) is 43.7 Å². The Bertz CT molecular complexity index is 671. The number of hydrogen-bond donors (Lipinski definition) is 2. The highest BCUT2D eigenvalue weighted by Crippen LogP contribution is 2.27. The van der Waals surface area contributed by atoms with Crippen molar-refractivity contribution >= 4 is 17.3 Å². The van der Waals surface area contributed by atoms with Crippen molar-refractivity contribution in [1.29, 1.82) is 0 Å². The summed E-state index contributed by atoms with van der Waals surface area (Å²) < 4.78 is 10.9. The Morgan fingerprint density at radius 3 is 2.68 bits per heavy atom. The van der Waals surface area contributed by atoms with Crippen LogP contribution in [0.25, 0.3) is 0 Å². The summed E-state index contributed by atoms with van der Waals surface area (Å²) in [6, 6.07) is 12.6. The van der Waals surface area contributed by atoms with E-state index in [9.17, 15) is 4.79 Å². The summed E-state index contributed by atoms with van der Waals surface area (Å²) in [4.78, 5) is 12.2. The highest BCUT2D eigenvalue weighted by Gasteiger charge is 2.16. The summed E-state index contributed by atoms with van der Waals surface area (Å²) in [6.45, 7) is 3.66. The lowest BCUT2D eigenvalue weighted by atomic mass is 10.2. The molecule has 0 aliphatic rings. The highest BCUT2D eigenvalue weighted by molar-refractivity contribution is 5.95. The van der Waals surface area contributed by atoms with Crippen LogP contribution >= 0.6 is 0 Å². The highest BCUT2D eigenvalue weighted by atomic mass is 16.5. The predicted octanol–water partition coefficient (Wildman–Crippen LogP) is 2.99. The van der Waals surface area contributed by atoms with Gasteiger partial charge in [-0.2, -0.15) is 0 Å². The first-order valence-corrected chi connectivity index (χ1v) is 6.97. The molecule has 0 fully saturated rings. The van der Waals surface area contributed by atoms with E-state index in [1.54, 1.807) is 25.1 Å². The molecule has 0 aliphatic heterocycles. The van der Waals surface area contributed by atoms with E-state index in [2.05, 4.69) is 5.32 Å². The van der Waals surface area contributed by atoms with Crippen molar-refractivity contribution in [2.24, 2.45) is 0 Å². The van der Waals surface area contributed by atoms with E-state index >= 15 is 0 Å². The standard InChI is InChI=1S/C17H20N2O3/c1-11-5-4-6-14(9-11)22-12(2)17(20)19-15-8-7-13(18)10-16(15)21-3/h4-10,12H,18H2,1-3H3,(H,19,20). The van der Waals surface area contributed by atoms with Crippen LogP contribution in [0, 0.1) is 6.92 Å². The number of anilines is 2. The van der Waals surface area contributed by atoms with Crippen LogP contribution < -0.4 is 20.5 Å². The topological polar surface area (TPSA) is 73.6 Å². The number of nitrogen functional groups attached to an aromatic ring is 1. The second kappa shape index (κ2) is 6.85. The van der Waals surface area contributed by atoms with Crippen molar-refractivity contribution in [2.45, 2.75) is 20.0 Å². The Morgan fingerprint density at radius 1 is 1.23 bits per heavy atom. The first kappa shape index (κ1) is 15.7. The fourth-order valence-electron chi connectivity index (χ4n) is 1.99. The molecule has 3 N–H and O–H groups in total. The van der Waals surface area contributed by atoms with Crippen molar-refractivity contribution < 1.29 is 14.3 Å². The third-order valence-corrected chi connectivity index (χ3v) is 3.16. The third-order valence-electron chi connectivity index (χ3n) is 3.16. The van der Waals surface area contributed by atoms with E-state index in [1.807, 2.05) is 31.2 Å². The Labute approximate surface area is 130 Å². The molecule has 2 aromatic rings. The number of hydrogen-bond acceptors (Lipinski definition) is 4. The number of aryl methyl sites for hydroxylation is 1. The van der Waals surface area contributed by atoms with Crippen LogP contribution in [-0.2, 0) is 4.79 Å². The average molecular weight is 300 g/mol. The molecule has 1 unspecified atom stereocenters. The number of nitrogens with one attached hydrogen (secondary N) is 1. The lowest BCUT2D eigenvalue weighted by Gasteiger charge is -2.16. The van der Waals surface area contributed by atoms with Crippen LogP contribution in [0.3, 0.4) is 0 Å². The zero-order chi connectivity index (χ0) is 16.1. The Balaban J connectivity index is 2.05. The summed E-state index contributed by atoms with van der Waals surface area (Å²) in [5.41, 5.74) is 7.89. The van der Waals surface area contributed by atoms with E-state index in [1.165, 1.54) is 7.11 Å². The summed E-state index contributed by atoms with van der Waals surface area (Å²) in [5.74, 6) is 0.910. The van der Waals surface area contributed by atoms with E-state index in [0.29, 0.717) is 22.9 Å². The number of amides is 1. The predicted molar refractivity (Wildman–Crippen MR) is 87.3 cm³/mol. The number of carbonyl (C=O) groups is 1. The van der Waals surface area contributed by atoms with Crippen LogP contribution in [0.1, 0.15) is 12.5 Å². The summed E-state index contributed by atoms with van der Waals surface area (Å²) in [5, 5.41) is 2.78. The quantitative estimate of drug-likeness (QED) is 0.833. The molecule has 0 saturated heterocycles. The number of rotatable bonds is 5. The summed E-state index contributed by atoms with van der Waals surface area (Å²) in [6.07, 6.45) is -0.635. The fraction of sp³-hybridized carbons (Fsp3) is 0.235. The zero-order valence-electron chi connectivity index (χ0n) is 12.9. The number of nitrogens with two attached hydrogens (primary N) is 1. The van der Waals surface area contributed by atoms with Crippen molar-refractivity contribution in [2.75, 3.05) is 18.2 Å². The molecular formula is C17H20N2O3. The molecular weight excluding hydrogens is 280 g/mol. The van der Waals surface area contributed by atoms with Gasteiger partial charge < -0.3 is 20.5 Å². The summed E-state index contributed by atoms with van der Waals surface area (Å²) in [7, 11) is 1.52. The molecule has 0 saturated carbocycles. The second-order valence-corrected chi connectivity index (χ2v) is 5.03. The van der Waals surface area contributed by atoms with Crippen LogP contribution in [0.15, 0.2) is 42.5 Å². The SMILES string of the molecule is COc1cc(N)ccc1NC(=O)C(C)Oc1cccc(C)c1. The van der Waals surface area contributed by atoms with Gasteiger partial charge in [-0.1, -0.05) is 12.1 Å². The molecule has 5 heteroatoms. The number of carbonyl (C=O) groups excluding carboxylic acids is 1. The lowest BCUT2D eigenvalue weighted by Crippen LogP contribution is -2.30. The van der Waals surface area contributed by atoms with Gasteiger partial charge in [0.1, 0.15) is 11.5 Å². The van der Waals surface area contributed by atoms with Crippen LogP contribution in [0.5, 0.6) is 11.5 Å². The monoisotopic (exact) mass is 300 g/mol. The molecule has 22 heavy (non-hydrogen) atoms. The van der Waals surface area contributed by atoms with Crippen molar-refractivity contribution in [1.82, 2.24) is 0 Å². The average Bonchev–Trinajstić information content (AvgIpc) is 2.48. The van der Waals surface area contributed by atoms with Crippen molar-refractivity contribution in [3.63, 3.8) is 0 Å². The molecule has 0 spiro atoms. The zero-order valence-corrected chi connectivity index (χ0v) is 12.9. The molecule has 5 nitrogen and oxygen atoms in total. The molecule has 1 amide bonds. The van der Waals surface area contributed by atoms with Gasteiger partial charge in [0.25, 0.3) is 5.91 Å². The van der Waals surface area contributed by atoms with Crippen molar-refractivity contribution in [3.8, 4) is 11.5 Å². The van der Waals surface area contributed by atoms with Crippen LogP contribution in [0.2, 0.25) is 0 Å². The maximum atomic E-state index is 12.2. The number of methoxy groups -OCH3 is 1. The first-order valence-electron chi connectivity index (χ1n) is 6.97. The van der Waals surface area contributed by atoms with Crippen LogP contribution in [-0.4, -0.2) is 19.1 Å². The van der Waals surface area contributed by atoms with E-state index in [4.69, 9.17) is 15.2 Å². The van der Waals surface area contributed by atoms with Gasteiger partial charge in [0.05, 0.1) is 12.8 Å². The molecule has 2 aromatic carbocycles. The normalized spacial score (nSPS) is 11.6. The summed E-state index contributed by atoms with van der Waals surface area (Å²) >= 11 is 0. The van der Waals surface area contributed by atoms with Gasteiger partial charge in [0.15, 0.2) is 6.10 Å². The van der Waals surface area contributed by atoms with Gasteiger partial charge in [0, 0.05) is 11.8 Å². The third kappa shape index (κ3) is 3.91. The Kier molecular flexibility index (Phi) is 4.88. The number of ether oxygens (including phenoxy) is 2. The minimum absolute atomic E-state index is 0.260. The molecule has 1 atom stereocenters. The smallest absolute Gasteiger partial charge is 0.265 e. The van der Waals surface area contributed by atoms with E-state index < -0.39 is 6.10 Å². The maximum absolute atomic E-state index is 12.2. The molecule has 0 heterocycles. The van der Waals surface area contributed by atoms with Gasteiger partial charge in [-0.15, -0.1) is 0 Å². The van der Waals surface area contributed by atoms with Gasteiger partial charge >= 0.3 is 0 Å². The molecule has 2 rings (SSSR count). The molecule has 0 bridgehead atoms. The van der Waals surface area contributed by atoms with Gasteiger partial charge in [-0.3, -0.25) is 4.79 Å². The molecule has 116 valence electrons. The fourth-order valence-corrected chi connectivity index (χ4v) is 1.99. The Hall–Kier alpha value is -2.69. The Morgan fingerprint density at radius 2 is 2.00 bits per heavy atom. The molecule has 0 radical (unpaired) electrons. The minimum atomic E-state index is -0.635. The van der Waals surface area contributed by atoms with E-state index in [0.717, 1.165) is 5.56 Å². The largest absolute Gasteiger partial charge is 0.494 e. The molecule has 0 aliphatic carbocycles. The molecule has 0 aromatic heterocycles. The lowest BCUT2D eigenvalue weighted by molar-refractivity contribution is -0.122. The number of benzene rings is 2. The minimum Gasteiger partial charge on any atom is -0.494 e. The second-order valence-electron chi connectivity index (χ2n) is 5.03. The van der Waals surface area contributed by atoms with Crippen molar-refractivity contribution in [3.05, 3.63) is 48.0 Å². The maximum Gasteiger partial charge on any atom is 0.265 e.